The Balaban J connectivity index is 2.17. The summed E-state index contributed by atoms with van der Waals surface area (Å²) >= 11 is 6.08. The van der Waals surface area contributed by atoms with Gasteiger partial charge in [-0.15, -0.1) is 0 Å². The first-order valence-electron chi connectivity index (χ1n) is 6.72. The number of halogens is 1. The second kappa shape index (κ2) is 6.71. The summed E-state index contributed by atoms with van der Waals surface area (Å²) in [7, 11) is 1.66. The van der Waals surface area contributed by atoms with E-state index in [0.29, 0.717) is 17.5 Å². The molecule has 4 heteroatoms. The van der Waals surface area contributed by atoms with Crippen molar-refractivity contribution in [1.82, 2.24) is 9.97 Å². The summed E-state index contributed by atoms with van der Waals surface area (Å²) in [6.07, 6.45) is 1.59. The molecule has 0 N–H and O–H groups in total. The van der Waals surface area contributed by atoms with Crippen LogP contribution in [0.1, 0.15) is 30.9 Å². The van der Waals surface area contributed by atoms with Crippen LogP contribution in [0, 0.1) is 5.92 Å². The van der Waals surface area contributed by atoms with Crippen molar-refractivity contribution in [3.05, 3.63) is 52.6 Å². The zero-order valence-corrected chi connectivity index (χ0v) is 12.8. The normalized spacial score (nSPS) is 10.8. The zero-order chi connectivity index (χ0) is 14.5. The highest BCUT2D eigenvalue weighted by molar-refractivity contribution is 6.29. The van der Waals surface area contributed by atoms with Gasteiger partial charge < -0.3 is 4.74 Å². The van der Waals surface area contributed by atoms with Crippen molar-refractivity contribution in [3.63, 3.8) is 0 Å². The molecule has 106 valence electrons. The maximum atomic E-state index is 6.08. The summed E-state index contributed by atoms with van der Waals surface area (Å²) in [5, 5.41) is 0.513. The van der Waals surface area contributed by atoms with Crippen LogP contribution in [0.4, 0.5) is 0 Å². The molecule has 0 saturated heterocycles. The molecule has 0 bridgehead atoms. The fraction of sp³-hybridized carbons (Fsp3) is 0.375. The molecule has 2 rings (SSSR count). The van der Waals surface area contributed by atoms with E-state index in [2.05, 4.69) is 23.8 Å². The summed E-state index contributed by atoms with van der Waals surface area (Å²) in [5.41, 5.74) is 2.15. The molecule has 0 amide bonds. The van der Waals surface area contributed by atoms with Crippen molar-refractivity contribution >= 4 is 11.6 Å². The van der Waals surface area contributed by atoms with Gasteiger partial charge in [-0.25, -0.2) is 9.97 Å². The number of ether oxygens (including phenoxy) is 1. The van der Waals surface area contributed by atoms with Crippen LogP contribution in [0.5, 0.6) is 5.75 Å². The van der Waals surface area contributed by atoms with Crippen LogP contribution in [0.15, 0.2) is 30.3 Å². The Bertz CT molecular complexity index is 567. The van der Waals surface area contributed by atoms with Gasteiger partial charge >= 0.3 is 0 Å². The number of hydrogen-bond acceptors (Lipinski definition) is 3. The lowest BCUT2D eigenvalue weighted by Gasteiger charge is -2.08. The van der Waals surface area contributed by atoms with Crippen molar-refractivity contribution in [1.29, 1.82) is 0 Å². The Labute approximate surface area is 125 Å². The third-order valence-corrected chi connectivity index (χ3v) is 3.13. The summed E-state index contributed by atoms with van der Waals surface area (Å²) in [6.45, 7) is 4.33. The molecule has 3 nitrogen and oxygen atoms in total. The lowest BCUT2D eigenvalue weighted by atomic mass is 10.1. The Hall–Kier alpha value is -1.61. The minimum Gasteiger partial charge on any atom is -0.497 e. The van der Waals surface area contributed by atoms with Gasteiger partial charge in [-0.3, -0.25) is 0 Å². The minimum atomic E-state index is 0.513. The number of rotatable bonds is 5. The van der Waals surface area contributed by atoms with Crippen LogP contribution in [0.3, 0.4) is 0 Å². The monoisotopic (exact) mass is 290 g/mol. The number of aromatic nitrogens is 2. The van der Waals surface area contributed by atoms with Crippen LogP contribution in [-0.2, 0) is 12.8 Å². The molecular formula is C16H19ClN2O. The second-order valence-electron chi connectivity index (χ2n) is 5.22. The van der Waals surface area contributed by atoms with Crippen LogP contribution in [0.2, 0.25) is 5.15 Å². The van der Waals surface area contributed by atoms with E-state index in [1.165, 1.54) is 0 Å². The molecular weight excluding hydrogens is 272 g/mol. The number of hydrogen-bond donors (Lipinski definition) is 0. The highest BCUT2D eigenvalue weighted by atomic mass is 35.5. The Morgan fingerprint density at radius 1 is 1.15 bits per heavy atom. The van der Waals surface area contributed by atoms with Gasteiger partial charge in [-0.2, -0.15) is 0 Å². The van der Waals surface area contributed by atoms with E-state index in [1.807, 2.05) is 30.3 Å². The molecule has 0 radical (unpaired) electrons. The quantitative estimate of drug-likeness (QED) is 0.783. The van der Waals surface area contributed by atoms with Gasteiger partial charge in [0.1, 0.15) is 16.7 Å². The maximum Gasteiger partial charge on any atom is 0.134 e. The Kier molecular flexibility index (Phi) is 4.96. The molecule has 1 aromatic carbocycles. The number of methoxy groups -OCH3 is 1. The average molecular weight is 291 g/mol. The molecule has 0 saturated carbocycles. The third-order valence-electron chi connectivity index (χ3n) is 2.93. The summed E-state index contributed by atoms with van der Waals surface area (Å²) < 4.78 is 5.15. The van der Waals surface area contributed by atoms with E-state index >= 15 is 0 Å². The van der Waals surface area contributed by atoms with Crippen molar-refractivity contribution < 1.29 is 4.74 Å². The molecule has 0 unspecified atom stereocenters. The van der Waals surface area contributed by atoms with E-state index in [4.69, 9.17) is 16.3 Å². The fourth-order valence-electron chi connectivity index (χ4n) is 2.04. The van der Waals surface area contributed by atoms with E-state index < -0.39 is 0 Å². The molecule has 0 fully saturated rings. The minimum absolute atomic E-state index is 0.513. The van der Waals surface area contributed by atoms with Gasteiger partial charge in [-0.1, -0.05) is 37.6 Å². The first-order valence-corrected chi connectivity index (χ1v) is 7.10. The molecule has 2 aromatic rings. The topological polar surface area (TPSA) is 35.0 Å². The highest BCUT2D eigenvalue weighted by Crippen LogP contribution is 2.16. The van der Waals surface area contributed by atoms with Crippen LogP contribution in [-0.4, -0.2) is 17.1 Å². The largest absolute Gasteiger partial charge is 0.497 e. The average Bonchev–Trinajstić information content (AvgIpc) is 2.38. The first-order chi connectivity index (χ1) is 9.56. The van der Waals surface area contributed by atoms with Gasteiger partial charge in [0, 0.05) is 12.1 Å². The Morgan fingerprint density at radius 3 is 2.45 bits per heavy atom. The van der Waals surface area contributed by atoms with E-state index in [-0.39, 0.29) is 0 Å². The molecule has 0 spiro atoms. The maximum absolute atomic E-state index is 6.08. The van der Waals surface area contributed by atoms with E-state index in [1.54, 1.807) is 7.11 Å². The van der Waals surface area contributed by atoms with E-state index in [0.717, 1.165) is 29.3 Å². The molecule has 20 heavy (non-hydrogen) atoms. The lowest BCUT2D eigenvalue weighted by Crippen LogP contribution is -2.04. The van der Waals surface area contributed by atoms with Crippen molar-refractivity contribution in [2.24, 2.45) is 5.92 Å². The van der Waals surface area contributed by atoms with Crippen molar-refractivity contribution in [3.8, 4) is 5.75 Å². The van der Waals surface area contributed by atoms with Crippen LogP contribution < -0.4 is 4.74 Å². The Morgan fingerprint density at radius 2 is 1.85 bits per heavy atom. The van der Waals surface area contributed by atoms with Gasteiger partial charge in [-0.05, 0) is 36.1 Å². The van der Waals surface area contributed by atoms with Crippen molar-refractivity contribution in [2.45, 2.75) is 26.7 Å². The van der Waals surface area contributed by atoms with Gasteiger partial charge in [0.05, 0.1) is 7.11 Å². The van der Waals surface area contributed by atoms with Gasteiger partial charge in [0.25, 0.3) is 0 Å². The van der Waals surface area contributed by atoms with Gasteiger partial charge in [0.15, 0.2) is 0 Å². The van der Waals surface area contributed by atoms with Crippen LogP contribution >= 0.6 is 11.6 Å². The summed E-state index contributed by atoms with van der Waals surface area (Å²) in [6, 6.07) is 9.76. The third kappa shape index (κ3) is 4.20. The smallest absolute Gasteiger partial charge is 0.134 e. The molecule has 0 aliphatic rings. The van der Waals surface area contributed by atoms with Crippen molar-refractivity contribution in [2.75, 3.05) is 7.11 Å². The zero-order valence-electron chi connectivity index (χ0n) is 12.1. The predicted octanol–water partition coefficient (Wildman–Crippen LogP) is 3.93. The number of benzene rings is 1. The van der Waals surface area contributed by atoms with Gasteiger partial charge in [0.2, 0.25) is 0 Å². The molecule has 0 atom stereocenters. The second-order valence-corrected chi connectivity index (χ2v) is 5.61. The SMILES string of the molecule is COc1ccc(Cc2nc(Cl)cc(CC(C)C)n2)cc1. The first kappa shape index (κ1) is 14.8. The molecule has 1 aromatic heterocycles. The predicted molar refractivity (Wildman–Crippen MR) is 81.4 cm³/mol. The number of nitrogens with zero attached hydrogens (tertiary/aromatic N) is 2. The molecule has 1 heterocycles. The standard InChI is InChI=1S/C16H19ClN2O/c1-11(2)8-13-10-15(17)19-16(18-13)9-12-4-6-14(20-3)7-5-12/h4-7,10-11H,8-9H2,1-3H3. The highest BCUT2D eigenvalue weighted by Gasteiger charge is 2.06. The summed E-state index contributed by atoms with van der Waals surface area (Å²) in [5.74, 6) is 2.16. The summed E-state index contributed by atoms with van der Waals surface area (Å²) in [4.78, 5) is 8.89. The fourth-order valence-corrected chi connectivity index (χ4v) is 2.27. The van der Waals surface area contributed by atoms with Crippen LogP contribution in [0.25, 0.3) is 0 Å². The lowest BCUT2D eigenvalue weighted by molar-refractivity contribution is 0.414. The van der Waals surface area contributed by atoms with E-state index in [9.17, 15) is 0 Å². The molecule has 0 aliphatic carbocycles. The molecule has 0 aliphatic heterocycles.